The van der Waals surface area contributed by atoms with Gasteiger partial charge in [-0.05, 0) is 30.7 Å². The van der Waals surface area contributed by atoms with Gasteiger partial charge >= 0.3 is 0 Å². The van der Waals surface area contributed by atoms with E-state index in [4.69, 9.17) is 15.3 Å². The number of carbonyl (C=O) groups excluding carboxylic acids is 1. The van der Waals surface area contributed by atoms with Crippen molar-refractivity contribution >= 4 is 16.8 Å². The summed E-state index contributed by atoms with van der Waals surface area (Å²) in [6.07, 6.45) is 0.767. The van der Waals surface area contributed by atoms with Crippen molar-refractivity contribution in [2.75, 3.05) is 20.8 Å². The van der Waals surface area contributed by atoms with Gasteiger partial charge in [0.2, 0.25) is 0 Å². The van der Waals surface area contributed by atoms with E-state index < -0.39 is 0 Å². The number of aromatic nitrogens is 2. The Morgan fingerprint density at radius 2 is 1.89 bits per heavy atom. The molecule has 0 aliphatic rings. The number of carbonyl (C=O) groups is 1. The van der Waals surface area contributed by atoms with Crippen molar-refractivity contribution in [3.63, 3.8) is 0 Å². The molecule has 0 unspecified atom stereocenters. The van der Waals surface area contributed by atoms with Crippen LogP contribution >= 0.6 is 0 Å². The van der Waals surface area contributed by atoms with Gasteiger partial charge in [0.05, 0.1) is 14.2 Å². The Morgan fingerprint density at radius 1 is 1.07 bits per heavy atom. The Bertz CT molecular complexity index is 975. The number of hydrogen-bond donors (Lipinski definition) is 1. The summed E-state index contributed by atoms with van der Waals surface area (Å²) < 4.78 is 10.8. The third-order valence-corrected chi connectivity index (χ3v) is 4.26. The zero-order valence-corrected chi connectivity index (χ0v) is 15.6. The molecule has 1 amide bonds. The topological polar surface area (TPSA) is 90.6 Å². The maximum absolute atomic E-state index is 12.4. The molecule has 140 valence electrons. The van der Waals surface area contributed by atoms with Crippen LogP contribution in [0.3, 0.4) is 0 Å². The summed E-state index contributed by atoms with van der Waals surface area (Å²) in [7, 11) is 3.23. The molecule has 0 aliphatic carbocycles. The van der Waals surface area contributed by atoms with Gasteiger partial charge < -0.3 is 9.47 Å². The molecule has 27 heavy (non-hydrogen) atoms. The van der Waals surface area contributed by atoms with E-state index in [1.807, 2.05) is 43.3 Å². The molecule has 0 atom stereocenters. The first kappa shape index (κ1) is 18.6. The van der Waals surface area contributed by atoms with Crippen LogP contribution in [0, 0.1) is 0 Å². The van der Waals surface area contributed by atoms with Crippen LogP contribution in [0.15, 0.2) is 42.5 Å². The second kappa shape index (κ2) is 8.01. The van der Waals surface area contributed by atoms with Crippen molar-refractivity contribution in [3.05, 3.63) is 48.2 Å². The van der Waals surface area contributed by atoms with Gasteiger partial charge in [-0.2, -0.15) is 0 Å². The fraction of sp³-hybridized carbons (Fsp3) is 0.250. The van der Waals surface area contributed by atoms with Crippen LogP contribution in [0.25, 0.3) is 22.0 Å². The van der Waals surface area contributed by atoms with E-state index in [-0.39, 0.29) is 11.6 Å². The first-order valence-corrected chi connectivity index (χ1v) is 8.64. The first-order chi connectivity index (χ1) is 13.1. The third-order valence-electron chi connectivity index (χ3n) is 4.26. The zero-order chi connectivity index (χ0) is 19.4. The number of hydrogen-bond acceptors (Lipinski definition) is 6. The number of hydrazine groups is 1. The monoisotopic (exact) mass is 366 g/mol. The highest BCUT2D eigenvalue weighted by Crippen LogP contribution is 2.36. The van der Waals surface area contributed by atoms with Crippen LogP contribution in [0.4, 0.5) is 0 Å². The van der Waals surface area contributed by atoms with Gasteiger partial charge in [0, 0.05) is 23.1 Å². The minimum Gasteiger partial charge on any atom is -0.497 e. The number of methoxy groups -OCH3 is 2. The number of rotatable bonds is 6. The minimum absolute atomic E-state index is 0.216. The Hall–Kier alpha value is -3.19. The van der Waals surface area contributed by atoms with Crippen molar-refractivity contribution in [1.29, 1.82) is 0 Å². The summed E-state index contributed by atoms with van der Waals surface area (Å²) in [6.45, 7) is 2.41. The van der Waals surface area contributed by atoms with Crippen molar-refractivity contribution in [1.82, 2.24) is 15.2 Å². The van der Waals surface area contributed by atoms with Crippen LogP contribution in [-0.4, -0.2) is 41.9 Å². The molecular weight excluding hydrogens is 344 g/mol. The molecule has 3 rings (SSSR count). The molecular formula is C20H22N4O3. The predicted molar refractivity (Wildman–Crippen MR) is 104 cm³/mol. The first-order valence-electron chi connectivity index (χ1n) is 8.64. The second-order valence-electron chi connectivity index (χ2n) is 6.04. The molecule has 1 heterocycles. The van der Waals surface area contributed by atoms with Crippen LogP contribution < -0.4 is 15.3 Å². The van der Waals surface area contributed by atoms with Gasteiger partial charge in [-0.15, -0.1) is 10.2 Å². The Balaban J connectivity index is 2.11. The van der Waals surface area contributed by atoms with Gasteiger partial charge in [-0.1, -0.05) is 25.1 Å². The van der Waals surface area contributed by atoms with Crippen LogP contribution in [0.2, 0.25) is 0 Å². The molecule has 1 aromatic heterocycles. The van der Waals surface area contributed by atoms with Gasteiger partial charge in [-0.25, -0.2) is 5.84 Å². The van der Waals surface area contributed by atoms with E-state index in [1.54, 1.807) is 20.3 Å². The average molecular weight is 366 g/mol. The number of fused-ring (bicyclic) bond motifs is 1. The highest BCUT2D eigenvalue weighted by atomic mass is 16.5. The van der Waals surface area contributed by atoms with E-state index in [9.17, 15) is 4.79 Å². The fourth-order valence-corrected chi connectivity index (χ4v) is 2.91. The molecule has 0 radical (unpaired) electrons. The summed E-state index contributed by atoms with van der Waals surface area (Å²) in [5.41, 5.74) is 2.56. The van der Waals surface area contributed by atoms with E-state index in [0.29, 0.717) is 23.6 Å². The largest absolute Gasteiger partial charge is 0.497 e. The van der Waals surface area contributed by atoms with Gasteiger partial charge in [-0.3, -0.25) is 9.80 Å². The number of amides is 1. The summed E-state index contributed by atoms with van der Waals surface area (Å²) in [5, 5.41) is 10.4. The maximum Gasteiger partial charge on any atom is 0.288 e. The zero-order valence-electron chi connectivity index (χ0n) is 15.6. The standard InChI is InChI=1S/C20H22N4O3/c1-4-10-24(21)20(25)17-11-13-6-5-7-15(19(13)23-22-17)16-12-14(26-2)8-9-18(16)27-3/h5-9,11-12H,4,10,21H2,1-3H3. The maximum atomic E-state index is 12.4. The minimum atomic E-state index is -0.351. The molecule has 2 aromatic carbocycles. The average Bonchev–Trinajstić information content (AvgIpc) is 2.72. The second-order valence-corrected chi connectivity index (χ2v) is 6.04. The van der Waals surface area contributed by atoms with Crippen molar-refractivity contribution in [3.8, 4) is 22.6 Å². The quantitative estimate of drug-likeness (QED) is 0.410. The van der Waals surface area contributed by atoms with Crippen LogP contribution in [0.5, 0.6) is 11.5 Å². The summed E-state index contributed by atoms with van der Waals surface area (Å²) in [6, 6.07) is 13.0. The molecule has 0 saturated carbocycles. The highest BCUT2D eigenvalue weighted by molar-refractivity contribution is 5.99. The molecule has 3 aromatic rings. The number of nitrogens with zero attached hydrogens (tertiary/aromatic N) is 3. The summed E-state index contributed by atoms with van der Waals surface area (Å²) in [4.78, 5) is 12.4. The third kappa shape index (κ3) is 3.68. The molecule has 0 bridgehead atoms. The van der Waals surface area contributed by atoms with E-state index in [2.05, 4.69) is 10.2 Å². The van der Waals surface area contributed by atoms with Crippen molar-refractivity contribution in [2.45, 2.75) is 13.3 Å². The van der Waals surface area contributed by atoms with Gasteiger partial charge in [0.1, 0.15) is 17.0 Å². The van der Waals surface area contributed by atoms with Crippen molar-refractivity contribution < 1.29 is 14.3 Å². The number of ether oxygens (including phenoxy) is 2. The Morgan fingerprint density at radius 3 is 2.59 bits per heavy atom. The lowest BCUT2D eigenvalue weighted by molar-refractivity contribution is 0.0748. The van der Waals surface area contributed by atoms with E-state index >= 15 is 0 Å². The predicted octanol–water partition coefficient (Wildman–Crippen LogP) is 3.04. The summed E-state index contributed by atoms with van der Waals surface area (Å²) >= 11 is 0. The fourth-order valence-electron chi connectivity index (χ4n) is 2.91. The van der Waals surface area contributed by atoms with E-state index in [1.165, 1.54) is 0 Å². The molecule has 0 fully saturated rings. The molecule has 0 spiro atoms. The molecule has 2 N–H and O–H groups in total. The van der Waals surface area contributed by atoms with Gasteiger partial charge in [0.15, 0.2) is 5.69 Å². The highest BCUT2D eigenvalue weighted by Gasteiger charge is 2.17. The van der Waals surface area contributed by atoms with Crippen LogP contribution in [-0.2, 0) is 0 Å². The lowest BCUT2D eigenvalue weighted by atomic mass is 10.0. The summed E-state index contributed by atoms with van der Waals surface area (Å²) in [5.74, 6) is 6.83. The lowest BCUT2D eigenvalue weighted by Gasteiger charge is -2.15. The van der Waals surface area contributed by atoms with Crippen LogP contribution in [0.1, 0.15) is 23.8 Å². The van der Waals surface area contributed by atoms with Crippen molar-refractivity contribution in [2.24, 2.45) is 5.84 Å². The van der Waals surface area contributed by atoms with Gasteiger partial charge in [0.25, 0.3) is 5.91 Å². The normalized spacial score (nSPS) is 10.7. The molecule has 0 aliphatic heterocycles. The lowest BCUT2D eigenvalue weighted by Crippen LogP contribution is -2.38. The SMILES string of the molecule is CCCN(N)C(=O)c1cc2cccc(-c3cc(OC)ccc3OC)c2nn1. The Labute approximate surface area is 157 Å². The molecule has 7 heteroatoms. The molecule has 7 nitrogen and oxygen atoms in total. The molecule has 0 saturated heterocycles. The smallest absolute Gasteiger partial charge is 0.288 e. The van der Waals surface area contributed by atoms with E-state index in [0.717, 1.165) is 27.9 Å². The Kier molecular flexibility index (Phi) is 5.52. The number of benzene rings is 2. The number of nitrogens with two attached hydrogens (primary N) is 1.